The Hall–Kier alpha value is -3.05. The summed E-state index contributed by atoms with van der Waals surface area (Å²) < 4.78 is 42.4. The number of carbonyl (C=O) groups is 2. The highest BCUT2D eigenvalue weighted by Crippen LogP contribution is 2.31. The summed E-state index contributed by atoms with van der Waals surface area (Å²) in [5.41, 5.74) is 1.30. The van der Waals surface area contributed by atoms with Gasteiger partial charge in [0.2, 0.25) is 21.8 Å². The Labute approximate surface area is 230 Å². The Morgan fingerprint density at radius 2 is 1.82 bits per heavy atom. The highest BCUT2D eigenvalue weighted by atomic mass is 32.2. The van der Waals surface area contributed by atoms with E-state index in [2.05, 4.69) is 34.2 Å². The third-order valence-corrected chi connectivity index (χ3v) is 8.94. The Morgan fingerprint density at radius 3 is 2.49 bits per heavy atom. The summed E-state index contributed by atoms with van der Waals surface area (Å²) in [6.07, 6.45) is 4.64. The number of hydrogen-bond donors (Lipinski definition) is 3. The zero-order valence-electron chi connectivity index (χ0n) is 22.7. The van der Waals surface area contributed by atoms with Crippen molar-refractivity contribution in [2.45, 2.75) is 76.3 Å². The normalized spacial score (nSPS) is 20.2. The van der Waals surface area contributed by atoms with Gasteiger partial charge in [0.1, 0.15) is 16.5 Å². The van der Waals surface area contributed by atoms with Gasteiger partial charge in [0.15, 0.2) is 0 Å². The first-order valence-corrected chi connectivity index (χ1v) is 15.1. The number of halogens is 1. The molecule has 1 aliphatic carbocycles. The van der Waals surface area contributed by atoms with E-state index >= 15 is 0 Å². The summed E-state index contributed by atoms with van der Waals surface area (Å²) in [6, 6.07) is 7.00. The van der Waals surface area contributed by atoms with Crippen LogP contribution in [0.1, 0.15) is 70.9 Å². The molecule has 0 bridgehead atoms. The number of rotatable bonds is 9. The number of benzene rings is 1. The molecule has 1 fully saturated rings. The molecule has 1 atom stereocenters. The van der Waals surface area contributed by atoms with E-state index in [1.165, 1.54) is 24.4 Å². The number of pyridine rings is 1. The fourth-order valence-electron chi connectivity index (χ4n) is 5.06. The van der Waals surface area contributed by atoms with E-state index in [-0.39, 0.29) is 40.5 Å². The van der Waals surface area contributed by atoms with Crippen molar-refractivity contribution in [1.82, 2.24) is 15.0 Å². The van der Waals surface area contributed by atoms with Crippen LogP contribution in [0.2, 0.25) is 0 Å². The summed E-state index contributed by atoms with van der Waals surface area (Å²) in [5, 5.41) is 6.12. The second-order valence-corrected chi connectivity index (χ2v) is 12.6. The predicted molar refractivity (Wildman–Crippen MR) is 148 cm³/mol. The van der Waals surface area contributed by atoms with E-state index in [0.717, 1.165) is 12.0 Å². The minimum Gasteiger partial charge on any atom is -0.367 e. The molecule has 1 aliphatic heterocycles. The largest absolute Gasteiger partial charge is 0.367 e. The first kappa shape index (κ1) is 28.9. The first-order valence-electron chi connectivity index (χ1n) is 13.7. The molecule has 0 unspecified atom stereocenters. The van der Waals surface area contributed by atoms with Crippen LogP contribution in [0.25, 0.3) is 0 Å². The Kier molecular flexibility index (Phi) is 9.22. The van der Waals surface area contributed by atoms with E-state index < -0.39 is 10.0 Å². The van der Waals surface area contributed by atoms with Crippen LogP contribution in [0.4, 0.5) is 15.9 Å². The van der Waals surface area contributed by atoms with Crippen molar-refractivity contribution in [2.75, 3.05) is 23.3 Å². The van der Waals surface area contributed by atoms with Crippen LogP contribution in [0.5, 0.6) is 0 Å². The summed E-state index contributed by atoms with van der Waals surface area (Å²) in [7, 11) is -3.87. The van der Waals surface area contributed by atoms with E-state index in [9.17, 15) is 22.4 Å². The minimum atomic E-state index is -3.87. The number of sulfonamides is 1. The molecule has 1 saturated carbocycles. The molecule has 3 N–H and O–H groups in total. The molecule has 4 rings (SSSR count). The van der Waals surface area contributed by atoms with E-state index in [1.54, 1.807) is 17.0 Å². The van der Waals surface area contributed by atoms with E-state index in [4.69, 9.17) is 0 Å². The molecule has 212 valence electrons. The van der Waals surface area contributed by atoms with Gasteiger partial charge in [0, 0.05) is 37.7 Å². The van der Waals surface area contributed by atoms with Crippen molar-refractivity contribution in [1.29, 1.82) is 0 Å². The standard InChI is InChI=1S/C28H38FN5O4S/c1-18(2)4-13-26(35)34-15-14-30-27-25(34)16-24(17-31-27)39(37,38)33-23-11-7-21(8-12-23)28(36)32-19(3)20-5-9-22(29)10-6-20/h5-6,9-10,16-19,21,23,33H,4,7-8,11-15H2,1-3H3,(H,30,31)(H,32,36)/t19-,21-,23-/m1/s1. The number of hydrogen-bond acceptors (Lipinski definition) is 6. The van der Waals surface area contributed by atoms with Gasteiger partial charge < -0.3 is 15.5 Å². The lowest BCUT2D eigenvalue weighted by molar-refractivity contribution is -0.126. The molecule has 2 aliphatic rings. The van der Waals surface area contributed by atoms with Gasteiger partial charge in [-0.25, -0.2) is 22.5 Å². The number of fused-ring (bicyclic) bond motifs is 1. The molecule has 0 saturated heterocycles. The van der Waals surface area contributed by atoms with Gasteiger partial charge >= 0.3 is 0 Å². The molecule has 1 aromatic heterocycles. The molecule has 39 heavy (non-hydrogen) atoms. The smallest absolute Gasteiger partial charge is 0.242 e. The molecule has 9 nitrogen and oxygen atoms in total. The number of aromatic nitrogens is 1. The third kappa shape index (κ3) is 7.33. The van der Waals surface area contributed by atoms with Crippen LogP contribution in [0, 0.1) is 17.7 Å². The lowest BCUT2D eigenvalue weighted by Gasteiger charge is -2.31. The molecule has 2 amide bonds. The van der Waals surface area contributed by atoms with Gasteiger partial charge in [-0.2, -0.15) is 0 Å². The van der Waals surface area contributed by atoms with Crippen LogP contribution in [0.3, 0.4) is 0 Å². The fraction of sp³-hybridized carbons (Fsp3) is 0.536. The highest BCUT2D eigenvalue weighted by molar-refractivity contribution is 7.89. The van der Waals surface area contributed by atoms with E-state index in [1.807, 2.05) is 6.92 Å². The number of nitrogens with one attached hydrogen (secondary N) is 3. The van der Waals surface area contributed by atoms with Gasteiger partial charge in [-0.15, -0.1) is 0 Å². The average molecular weight is 560 g/mol. The van der Waals surface area contributed by atoms with Crippen molar-refractivity contribution in [2.24, 2.45) is 11.8 Å². The zero-order valence-corrected chi connectivity index (χ0v) is 23.6. The lowest BCUT2D eigenvalue weighted by atomic mass is 9.85. The van der Waals surface area contributed by atoms with Gasteiger partial charge in [0.25, 0.3) is 0 Å². The van der Waals surface area contributed by atoms with Gasteiger partial charge in [-0.3, -0.25) is 9.59 Å². The summed E-state index contributed by atoms with van der Waals surface area (Å²) in [6.45, 7) is 6.98. The quantitative estimate of drug-likeness (QED) is 0.425. The number of amides is 2. The molecular weight excluding hydrogens is 521 g/mol. The molecular formula is C28H38FN5O4S. The predicted octanol–water partition coefficient (Wildman–Crippen LogP) is 4.13. The molecule has 0 spiro atoms. The van der Waals surface area contributed by atoms with Gasteiger partial charge in [-0.05, 0) is 68.7 Å². The molecule has 11 heteroatoms. The molecule has 0 radical (unpaired) electrons. The first-order chi connectivity index (χ1) is 18.5. The zero-order chi connectivity index (χ0) is 28.2. The second kappa shape index (κ2) is 12.4. The van der Waals surface area contributed by atoms with Gasteiger partial charge in [0.05, 0.1) is 11.7 Å². The maximum absolute atomic E-state index is 13.2. The Morgan fingerprint density at radius 1 is 1.13 bits per heavy atom. The molecule has 1 aromatic carbocycles. The monoisotopic (exact) mass is 559 g/mol. The Bertz CT molecular complexity index is 1280. The topological polar surface area (TPSA) is 120 Å². The third-order valence-electron chi connectivity index (χ3n) is 7.46. The van der Waals surface area contributed by atoms with Crippen molar-refractivity contribution < 1.29 is 22.4 Å². The SMILES string of the molecule is CC(C)CCC(=O)N1CCNc2ncc(S(=O)(=O)N[C@H]3CC[C@H](C(=O)N[C@H](C)c4ccc(F)cc4)CC3)cc21. The van der Waals surface area contributed by atoms with Crippen molar-refractivity contribution in [3.63, 3.8) is 0 Å². The van der Waals surface area contributed by atoms with Crippen LogP contribution < -0.4 is 20.3 Å². The van der Waals surface area contributed by atoms with Crippen LogP contribution in [0.15, 0.2) is 41.4 Å². The van der Waals surface area contributed by atoms with Crippen molar-refractivity contribution in [3.8, 4) is 0 Å². The maximum atomic E-state index is 13.2. The second-order valence-electron chi connectivity index (χ2n) is 10.9. The average Bonchev–Trinajstić information content (AvgIpc) is 2.91. The van der Waals surface area contributed by atoms with Gasteiger partial charge in [-0.1, -0.05) is 26.0 Å². The summed E-state index contributed by atoms with van der Waals surface area (Å²) >= 11 is 0. The minimum absolute atomic E-state index is 0.0135. The highest BCUT2D eigenvalue weighted by Gasteiger charge is 2.31. The number of nitrogens with zero attached hydrogens (tertiary/aromatic N) is 2. The lowest BCUT2D eigenvalue weighted by Crippen LogP contribution is -2.42. The van der Waals surface area contributed by atoms with Crippen LogP contribution in [-0.4, -0.2) is 44.3 Å². The van der Waals surface area contributed by atoms with Crippen LogP contribution in [-0.2, 0) is 19.6 Å². The fourth-order valence-corrected chi connectivity index (χ4v) is 6.33. The van der Waals surface area contributed by atoms with Crippen molar-refractivity contribution >= 4 is 33.3 Å². The number of carbonyl (C=O) groups excluding carboxylic acids is 2. The molecule has 2 aromatic rings. The summed E-state index contributed by atoms with van der Waals surface area (Å²) in [4.78, 5) is 31.6. The Balaban J connectivity index is 1.35. The molecule has 2 heterocycles. The maximum Gasteiger partial charge on any atom is 0.242 e. The number of anilines is 2. The summed E-state index contributed by atoms with van der Waals surface area (Å²) in [5.74, 6) is 0.232. The van der Waals surface area contributed by atoms with Crippen molar-refractivity contribution in [3.05, 3.63) is 47.9 Å². The van der Waals surface area contributed by atoms with Crippen LogP contribution >= 0.6 is 0 Å². The van der Waals surface area contributed by atoms with E-state index in [0.29, 0.717) is 62.6 Å².